The molecule has 0 aromatic heterocycles. The molecule has 2 aromatic rings. The van der Waals surface area contributed by atoms with Crippen LogP contribution in [0.15, 0.2) is 53.7 Å². The van der Waals surface area contributed by atoms with E-state index >= 15 is 0 Å². The minimum Gasteiger partial charge on any atom is -0.387 e. The van der Waals surface area contributed by atoms with Gasteiger partial charge in [0.05, 0.1) is 0 Å². The zero-order valence-corrected chi connectivity index (χ0v) is 16.2. The summed E-state index contributed by atoms with van der Waals surface area (Å²) in [6, 6.07) is 16.1. The largest absolute Gasteiger partial charge is 0.387 e. The van der Waals surface area contributed by atoms with Crippen molar-refractivity contribution in [3.8, 4) is 0 Å². The highest BCUT2D eigenvalue weighted by Crippen LogP contribution is 2.28. The lowest BCUT2D eigenvalue weighted by atomic mass is 10.0. The molecule has 27 heavy (non-hydrogen) atoms. The minimum atomic E-state index is -0.196. The summed E-state index contributed by atoms with van der Waals surface area (Å²) in [5.41, 5.74) is 4.56. The number of anilines is 2. The van der Waals surface area contributed by atoms with E-state index in [0.29, 0.717) is 12.1 Å². The summed E-state index contributed by atoms with van der Waals surface area (Å²) in [4.78, 5) is 20.5. The second kappa shape index (κ2) is 8.05. The molecule has 1 atom stereocenters. The van der Waals surface area contributed by atoms with E-state index < -0.39 is 0 Å². The van der Waals surface area contributed by atoms with E-state index in [4.69, 9.17) is 4.84 Å². The number of oxime groups is 1. The van der Waals surface area contributed by atoms with Crippen LogP contribution in [0.25, 0.3) is 0 Å². The number of hydrogen-bond acceptors (Lipinski definition) is 5. The van der Waals surface area contributed by atoms with Gasteiger partial charge in [0.25, 0.3) is 5.91 Å². The molecule has 1 amide bonds. The fourth-order valence-corrected chi connectivity index (χ4v) is 4.26. The van der Waals surface area contributed by atoms with Gasteiger partial charge in [-0.25, -0.2) is 0 Å². The second-order valence-electron chi connectivity index (χ2n) is 6.80. The SMILES string of the molecule is Cc1cc(N2CCSCC2)ccc1NC(=O)C1=NO[C@@H](c2ccccc2)C1. The molecular weight excluding hydrogens is 358 g/mol. The van der Waals surface area contributed by atoms with E-state index in [-0.39, 0.29) is 12.0 Å². The predicted octanol–water partition coefficient (Wildman–Crippen LogP) is 4.00. The summed E-state index contributed by atoms with van der Waals surface area (Å²) in [5.74, 6) is 2.14. The number of thioether (sulfide) groups is 1. The average Bonchev–Trinajstić information content (AvgIpc) is 3.21. The Hall–Kier alpha value is -2.47. The van der Waals surface area contributed by atoms with Gasteiger partial charge in [0.1, 0.15) is 5.71 Å². The number of nitrogens with one attached hydrogen (secondary N) is 1. The molecular formula is C21H23N3O2S. The maximum Gasteiger partial charge on any atom is 0.273 e. The van der Waals surface area contributed by atoms with Gasteiger partial charge in [0.2, 0.25) is 0 Å². The summed E-state index contributed by atoms with van der Waals surface area (Å²) in [6.07, 6.45) is 0.297. The number of benzene rings is 2. The quantitative estimate of drug-likeness (QED) is 0.870. The van der Waals surface area contributed by atoms with E-state index in [9.17, 15) is 4.79 Å². The van der Waals surface area contributed by atoms with Crippen LogP contribution in [0, 0.1) is 6.92 Å². The van der Waals surface area contributed by atoms with Crippen molar-refractivity contribution >= 4 is 34.8 Å². The Morgan fingerprint density at radius 3 is 2.70 bits per heavy atom. The Morgan fingerprint density at radius 2 is 1.96 bits per heavy atom. The number of nitrogens with zero attached hydrogens (tertiary/aromatic N) is 2. The van der Waals surface area contributed by atoms with Gasteiger partial charge in [-0.1, -0.05) is 35.5 Å². The molecule has 140 valence electrons. The van der Waals surface area contributed by atoms with Gasteiger partial charge in [-0.2, -0.15) is 11.8 Å². The van der Waals surface area contributed by atoms with Crippen molar-refractivity contribution in [3.05, 3.63) is 59.7 Å². The predicted molar refractivity (Wildman–Crippen MR) is 112 cm³/mol. The molecule has 2 aromatic carbocycles. The smallest absolute Gasteiger partial charge is 0.273 e. The lowest BCUT2D eigenvalue weighted by molar-refractivity contribution is -0.110. The molecule has 6 heteroatoms. The third kappa shape index (κ3) is 4.11. The van der Waals surface area contributed by atoms with Crippen molar-refractivity contribution in [3.63, 3.8) is 0 Å². The first-order valence-corrected chi connectivity index (χ1v) is 10.4. The van der Waals surface area contributed by atoms with Crippen LogP contribution < -0.4 is 10.2 Å². The summed E-state index contributed by atoms with van der Waals surface area (Å²) in [6.45, 7) is 4.17. The summed E-state index contributed by atoms with van der Waals surface area (Å²) in [5, 5.41) is 6.99. The first-order valence-electron chi connectivity index (χ1n) is 9.23. The van der Waals surface area contributed by atoms with Crippen LogP contribution >= 0.6 is 11.8 Å². The molecule has 0 unspecified atom stereocenters. The van der Waals surface area contributed by atoms with Crippen molar-refractivity contribution in [2.24, 2.45) is 5.16 Å². The lowest BCUT2D eigenvalue weighted by Gasteiger charge is -2.29. The van der Waals surface area contributed by atoms with Crippen LogP contribution in [-0.4, -0.2) is 36.2 Å². The van der Waals surface area contributed by atoms with Gasteiger partial charge in [-0.3, -0.25) is 4.79 Å². The molecule has 1 fully saturated rings. The van der Waals surface area contributed by atoms with Crippen molar-refractivity contribution in [2.75, 3.05) is 34.8 Å². The fraction of sp³-hybridized carbons (Fsp3) is 0.333. The molecule has 0 saturated carbocycles. The summed E-state index contributed by atoms with van der Waals surface area (Å²) in [7, 11) is 0. The highest BCUT2D eigenvalue weighted by molar-refractivity contribution is 7.99. The molecule has 2 heterocycles. The van der Waals surface area contributed by atoms with E-state index in [1.54, 1.807) is 0 Å². The Morgan fingerprint density at radius 1 is 1.19 bits per heavy atom. The van der Waals surface area contributed by atoms with Gasteiger partial charge in [-0.05, 0) is 36.2 Å². The number of aryl methyl sites for hydroxylation is 1. The Kier molecular flexibility index (Phi) is 5.34. The summed E-state index contributed by atoms with van der Waals surface area (Å²) < 4.78 is 0. The number of amides is 1. The topological polar surface area (TPSA) is 53.9 Å². The van der Waals surface area contributed by atoms with Crippen molar-refractivity contribution in [1.29, 1.82) is 0 Å². The van der Waals surface area contributed by atoms with Crippen molar-refractivity contribution < 1.29 is 9.63 Å². The molecule has 1 saturated heterocycles. The van der Waals surface area contributed by atoms with Crippen molar-refractivity contribution in [1.82, 2.24) is 0 Å². The zero-order chi connectivity index (χ0) is 18.6. The standard InChI is InChI=1S/C21H23N3O2S/c1-15-13-17(24-9-11-27-12-10-24)7-8-18(15)22-21(25)19-14-20(26-23-19)16-5-3-2-4-6-16/h2-8,13,20H,9-12,14H2,1H3,(H,22,25)/t20-/m1/s1. The minimum absolute atomic E-state index is 0.188. The average molecular weight is 382 g/mol. The molecule has 0 bridgehead atoms. The van der Waals surface area contributed by atoms with Gasteiger partial charge in [0, 0.05) is 42.4 Å². The van der Waals surface area contributed by atoms with E-state index in [2.05, 4.69) is 27.5 Å². The van der Waals surface area contributed by atoms with Crippen LogP contribution in [-0.2, 0) is 9.63 Å². The maximum absolute atomic E-state index is 12.6. The first-order chi connectivity index (χ1) is 13.2. The summed E-state index contributed by atoms with van der Waals surface area (Å²) >= 11 is 2.00. The van der Waals surface area contributed by atoms with Crippen molar-refractivity contribution in [2.45, 2.75) is 19.4 Å². The van der Waals surface area contributed by atoms with E-state index in [1.165, 1.54) is 17.2 Å². The normalized spacial score (nSPS) is 19.4. The maximum atomic E-state index is 12.6. The molecule has 0 aliphatic carbocycles. The first kappa shape index (κ1) is 17.9. The van der Waals surface area contributed by atoms with Gasteiger partial charge >= 0.3 is 0 Å². The molecule has 0 spiro atoms. The number of carbonyl (C=O) groups is 1. The van der Waals surface area contributed by atoms with E-state index in [1.807, 2.05) is 55.1 Å². The number of rotatable bonds is 4. The third-order valence-electron chi connectivity index (χ3n) is 4.94. The van der Waals surface area contributed by atoms with Gasteiger partial charge < -0.3 is 15.1 Å². The zero-order valence-electron chi connectivity index (χ0n) is 15.4. The van der Waals surface area contributed by atoms with E-state index in [0.717, 1.165) is 29.9 Å². The van der Waals surface area contributed by atoms with Crippen LogP contribution in [0.4, 0.5) is 11.4 Å². The molecule has 5 nitrogen and oxygen atoms in total. The number of carbonyl (C=O) groups excluding carboxylic acids is 1. The Labute approximate surface area is 163 Å². The molecule has 0 radical (unpaired) electrons. The Balaban J connectivity index is 1.39. The van der Waals surface area contributed by atoms with Crippen LogP contribution in [0.5, 0.6) is 0 Å². The lowest BCUT2D eigenvalue weighted by Crippen LogP contribution is -2.32. The fourth-order valence-electron chi connectivity index (χ4n) is 3.36. The van der Waals surface area contributed by atoms with Crippen LogP contribution in [0.3, 0.4) is 0 Å². The monoisotopic (exact) mass is 381 g/mol. The highest BCUT2D eigenvalue weighted by Gasteiger charge is 2.27. The van der Waals surface area contributed by atoms with Gasteiger partial charge in [0.15, 0.2) is 6.10 Å². The van der Waals surface area contributed by atoms with Gasteiger partial charge in [-0.15, -0.1) is 0 Å². The highest BCUT2D eigenvalue weighted by atomic mass is 32.2. The Bertz CT molecular complexity index is 848. The molecule has 2 aliphatic heterocycles. The molecule has 4 rings (SSSR count). The van der Waals surface area contributed by atoms with Crippen LogP contribution in [0.1, 0.15) is 23.7 Å². The van der Waals surface area contributed by atoms with Crippen LogP contribution in [0.2, 0.25) is 0 Å². The molecule has 2 aliphatic rings. The second-order valence-corrected chi connectivity index (χ2v) is 8.02. The third-order valence-corrected chi connectivity index (χ3v) is 5.88. The number of hydrogen-bond donors (Lipinski definition) is 1. The molecule has 1 N–H and O–H groups in total.